The number of benzene rings is 1. The summed E-state index contributed by atoms with van der Waals surface area (Å²) in [6, 6.07) is 4.90. The second-order valence-corrected chi connectivity index (χ2v) is 11.0. The van der Waals surface area contributed by atoms with Crippen molar-refractivity contribution in [2.75, 3.05) is 19.0 Å². The first kappa shape index (κ1) is 28.3. The molecule has 2 amide bonds. The lowest BCUT2D eigenvalue weighted by molar-refractivity contribution is -0.151. The lowest BCUT2D eigenvalue weighted by atomic mass is 9.89. The number of β-lactam (4-membered cyclic amide) rings is 1. The van der Waals surface area contributed by atoms with E-state index in [9.17, 15) is 24.3 Å². The minimum atomic E-state index is -1.28. The summed E-state index contributed by atoms with van der Waals surface area (Å²) in [5, 5.41) is 14.1. The highest BCUT2D eigenvalue weighted by atomic mass is 32.2. The predicted octanol–water partition coefficient (Wildman–Crippen LogP) is 1.62. The number of aromatic amines is 1. The average molecular weight is 578 g/mol. The van der Waals surface area contributed by atoms with Crippen molar-refractivity contribution in [3.8, 4) is 17.0 Å². The molecule has 2 atom stereocenters. The number of nitrogens with one attached hydrogen (secondary N) is 2. The van der Waals surface area contributed by atoms with E-state index in [4.69, 9.17) is 9.47 Å². The summed E-state index contributed by atoms with van der Waals surface area (Å²) in [6.45, 7) is 4.76. The summed E-state index contributed by atoms with van der Waals surface area (Å²) in [6.07, 6.45) is 9.94. The van der Waals surface area contributed by atoms with Crippen LogP contribution >= 0.6 is 11.8 Å². The Kier molecular flexibility index (Phi) is 8.07. The molecule has 0 saturated carbocycles. The molecule has 0 spiro atoms. The third-order valence-corrected chi connectivity index (χ3v) is 8.64. The molecule has 2 aliphatic heterocycles. The highest BCUT2D eigenvalue weighted by Gasteiger charge is 2.54. The second kappa shape index (κ2) is 11.7. The Morgan fingerprint density at radius 2 is 2.05 bits per heavy atom. The molecule has 0 radical (unpaired) electrons. The molecule has 10 nitrogen and oxygen atoms in total. The van der Waals surface area contributed by atoms with Crippen molar-refractivity contribution < 1.29 is 33.8 Å². The number of rotatable bonds is 8. The van der Waals surface area contributed by atoms with Crippen molar-refractivity contribution in [3.05, 3.63) is 63.3 Å². The fourth-order valence-corrected chi connectivity index (χ4v) is 6.76. The summed E-state index contributed by atoms with van der Waals surface area (Å²) >= 11 is 1.31. The van der Waals surface area contributed by atoms with E-state index in [1.54, 1.807) is 0 Å². The van der Waals surface area contributed by atoms with Crippen molar-refractivity contribution in [2.45, 2.75) is 45.0 Å². The number of aliphatic carboxylic acids is 1. The van der Waals surface area contributed by atoms with Gasteiger partial charge in [-0.2, -0.15) is 0 Å². The van der Waals surface area contributed by atoms with Crippen molar-refractivity contribution in [3.63, 3.8) is 0 Å². The maximum absolute atomic E-state index is 12.8. The first-order chi connectivity index (χ1) is 19.7. The van der Waals surface area contributed by atoms with Gasteiger partial charge < -0.3 is 24.9 Å². The van der Waals surface area contributed by atoms with Crippen LogP contribution in [-0.4, -0.2) is 69.1 Å². The topological polar surface area (TPSA) is 138 Å². The molecule has 2 unspecified atom stereocenters. The Bertz CT molecular complexity index is 1620. The number of carbonyl (C=O) groups excluding carboxylic acids is 3. The quantitative estimate of drug-likeness (QED) is 0.318. The van der Waals surface area contributed by atoms with E-state index in [0.29, 0.717) is 11.3 Å². The number of allylic oxidation sites excluding steroid dienone is 2. The number of esters is 1. The van der Waals surface area contributed by atoms with Gasteiger partial charge in [0.2, 0.25) is 0 Å². The van der Waals surface area contributed by atoms with E-state index in [1.807, 2.05) is 44.2 Å². The fraction of sp³-hybridized carbons (Fsp3) is 0.333. The lowest BCUT2D eigenvalue weighted by Crippen LogP contribution is -2.71. The molecule has 2 aromatic rings. The van der Waals surface area contributed by atoms with E-state index in [-0.39, 0.29) is 24.7 Å². The number of H-pyrrole nitrogens is 1. The zero-order valence-corrected chi connectivity index (χ0v) is 23.8. The monoisotopic (exact) mass is 577 g/mol. The maximum atomic E-state index is 12.8. The smallest absolute Gasteiger partial charge is 0.352 e. The van der Waals surface area contributed by atoms with Crippen LogP contribution in [0.3, 0.4) is 0 Å². The zero-order chi connectivity index (χ0) is 29.3. The molecule has 3 N–H and O–H groups in total. The van der Waals surface area contributed by atoms with Crippen LogP contribution in [0.1, 0.15) is 31.9 Å². The van der Waals surface area contributed by atoms with Crippen molar-refractivity contribution >= 4 is 47.7 Å². The number of ether oxygens (including phenoxy) is 2. The number of thioether (sulfide) groups is 1. The second-order valence-electron chi connectivity index (χ2n) is 9.89. The zero-order valence-electron chi connectivity index (χ0n) is 23.0. The number of hydrogen-bond acceptors (Lipinski definition) is 7. The normalized spacial score (nSPS) is 20.4. The van der Waals surface area contributed by atoms with E-state index >= 15 is 0 Å². The third kappa shape index (κ3) is 5.41. The van der Waals surface area contributed by atoms with Gasteiger partial charge in [-0.3, -0.25) is 19.3 Å². The van der Waals surface area contributed by atoms with E-state index in [0.717, 1.165) is 39.9 Å². The van der Waals surface area contributed by atoms with Crippen molar-refractivity contribution in [2.24, 2.45) is 0 Å². The van der Waals surface area contributed by atoms with Gasteiger partial charge in [0.1, 0.15) is 29.5 Å². The number of carboxylic acids is 1. The average Bonchev–Trinajstić information content (AvgIpc) is 3.33. The predicted molar refractivity (Wildman–Crippen MR) is 154 cm³/mol. The molecule has 11 heteroatoms. The minimum Gasteiger partial charge on any atom is -0.484 e. The molecule has 1 saturated heterocycles. The number of aryl methyl sites for hydroxylation is 1. The first-order valence-corrected chi connectivity index (χ1v) is 14.4. The Morgan fingerprint density at radius 3 is 2.76 bits per heavy atom. The molecule has 1 aliphatic carbocycles. The number of carboxylic acid groups (broad SMARTS) is 1. The number of aromatic nitrogens is 1. The van der Waals surface area contributed by atoms with E-state index < -0.39 is 35.2 Å². The molecule has 1 aromatic heterocycles. The van der Waals surface area contributed by atoms with Crippen LogP contribution in [0.4, 0.5) is 0 Å². The maximum Gasteiger partial charge on any atom is 0.352 e. The van der Waals surface area contributed by atoms with Gasteiger partial charge in [-0.1, -0.05) is 18.2 Å². The summed E-state index contributed by atoms with van der Waals surface area (Å²) < 4.78 is 10.7. The molecule has 214 valence electrons. The SMILES string of the molecule is C\C=C/C=c1/[nH]c2c(/c1=C/C)CCc1cc(OCC(=O)NC3C(=O)N4C(C(=O)O)=C(COC(C)=O)CSC34)ccc1-2. The van der Waals surface area contributed by atoms with Crippen LogP contribution in [0.5, 0.6) is 5.75 Å². The molecule has 41 heavy (non-hydrogen) atoms. The molecule has 5 rings (SSSR count). The Morgan fingerprint density at radius 1 is 1.24 bits per heavy atom. The Balaban J connectivity index is 1.23. The molecular weight excluding hydrogens is 546 g/mol. The summed E-state index contributed by atoms with van der Waals surface area (Å²) in [7, 11) is 0. The number of fused-ring (bicyclic) bond motifs is 4. The van der Waals surface area contributed by atoms with Gasteiger partial charge in [0, 0.05) is 34.9 Å². The van der Waals surface area contributed by atoms with E-state index in [1.165, 1.54) is 29.5 Å². The highest BCUT2D eigenvalue weighted by Crippen LogP contribution is 2.40. The van der Waals surface area contributed by atoms with Crippen LogP contribution in [0.15, 0.2) is 41.6 Å². The van der Waals surface area contributed by atoms with Crippen molar-refractivity contribution in [1.29, 1.82) is 0 Å². The summed E-state index contributed by atoms with van der Waals surface area (Å²) in [4.78, 5) is 53.2. The summed E-state index contributed by atoms with van der Waals surface area (Å²) in [5.74, 6) is -2.02. The minimum absolute atomic E-state index is 0.197. The van der Waals surface area contributed by atoms with Gasteiger partial charge in [-0.25, -0.2) is 4.79 Å². The first-order valence-electron chi connectivity index (χ1n) is 13.3. The third-order valence-electron chi connectivity index (χ3n) is 7.30. The van der Waals surface area contributed by atoms with Gasteiger partial charge in [-0.15, -0.1) is 11.8 Å². The van der Waals surface area contributed by atoms with Crippen LogP contribution < -0.4 is 20.6 Å². The largest absolute Gasteiger partial charge is 0.484 e. The van der Waals surface area contributed by atoms with Crippen LogP contribution in [0.25, 0.3) is 23.4 Å². The van der Waals surface area contributed by atoms with Crippen LogP contribution in [0.2, 0.25) is 0 Å². The molecule has 1 aromatic carbocycles. The van der Waals surface area contributed by atoms with Crippen LogP contribution in [0, 0.1) is 0 Å². The molecule has 3 heterocycles. The molecule has 3 aliphatic rings. The Hall–Kier alpha value is -4.25. The standard InChI is InChI=1S/C30H31N3O7S/c1-4-6-7-23-20(5-2)22-10-8-17-12-19(9-11-21(17)25(22)31-23)40-14-24(35)32-26-28(36)33-27(30(37)38)18(13-39-16(3)34)15-41-29(26)33/h4-7,9,11-12,26,29,31H,8,10,13-15H2,1-3H3,(H,32,35)(H,37,38)/b6-4-,20-5-,23-7+. The highest BCUT2D eigenvalue weighted by molar-refractivity contribution is 8.00. The van der Waals surface area contributed by atoms with Gasteiger partial charge in [0.15, 0.2) is 6.61 Å². The number of nitrogens with zero attached hydrogens (tertiary/aromatic N) is 1. The number of amides is 2. The lowest BCUT2D eigenvalue weighted by Gasteiger charge is -2.49. The van der Waals surface area contributed by atoms with Gasteiger partial charge in [0.25, 0.3) is 11.8 Å². The molecule has 1 fully saturated rings. The van der Waals surface area contributed by atoms with Crippen LogP contribution in [-0.2, 0) is 36.8 Å². The fourth-order valence-electron chi connectivity index (χ4n) is 5.44. The van der Waals surface area contributed by atoms with Gasteiger partial charge in [0.05, 0.1) is 0 Å². The van der Waals surface area contributed by atoms with Gasteiger partial charge >= 0.3 is 11.9 Å². The molecular formula is C30H31N3O7S. The van der Waals surface area contributed by atoms with Crippen molar-refractivity contribution in [1.82, 2.24) is 15.2 Å². The van der Waals surface area contributed by atoms with E-state index in [2.05, 4.69) is 22.5 Å². The number of hydrogen-bond donors (Lipinski definition) is 3. The molecule has 0 bridgehead atoms. The van der Waals surface area contributed by atoms with Gasteiger partial charge in [-0.05, 0) is 67.3 Å². The summed E-state index contributed by atoms with van der Waals surface area (Å²) in [5.41, 5.74) is 4.77. The number of carbonyl (C=O) groups is 4. The Labute approximate surface area is 240 Å².